The summed E-state index contributed by atoms with van der Waals surface area (Å²) in [5.74, 6) is 4.87. The van der Waals surface area contributed by atoms with Gasteiger partial charge in [0.1, 0.15) is 5.82 Å². The highest BCUT2D eigenvalue weighted by Gasteiger charge is 2.04. The fraction of sp³-hybridized carbons (Fsp3) is 0.200. The van der Waals surface area contributed by atoms with E-state index in [2.05, 4.69) is 16.9 Å². The van der Waals surface area contributed by atoms with Crippen LogP contribution in [0.3, 0.4) is 0 Å². The molecule has 0 aliphatic heterocycles. The zero-order valence-corrected chi connectivity index (χ0v) is 11.1. The lowest BCUT2D eigenvalue weighted by Crippen LogP contribution is -2.22. The molecule has 0 amide bonds. The Kier molecular flexibility index (Phi) is 4.28. The second kappa shape index (κ2) is 6.13. The van der Waals surface area contributed by atoms with Gasteiger partial charge in [-0.25, -0.2) is 9.07 Å². The van der Waals surface area contributed by atoms with Crippen molar-refractivity contribution < 1.29 is 4.39 Å². The minimum absolute atomic E-state index is 0.169. The molecule has 2 aromatic rings. The van der Waals surface area contributed by atoms with Crippen molar-refractivity contribution in [3.05, 3.63) is 63.3 Å². The molecule has 0 radical (unpaired) electrons. The van der Waals surface area contributed by atoms with Gasteiger partial charge in [0, 0.05) is 6.07 Å². The van der Waals surface area contributed by atoms with Crippen molar-refractivity contribution in [3.63, 3.8) is 0 Å². The molecule has 0 saturated carbocycles. The monoisotopic (exact) mass is 271 g/mol. The maximum absolute atomic E-state index is 13.5. The molecular weight excluding hydrogens is 257 g/mol. The van der Waals surface area contributed by atoms with Gasteiger partial charge in [-0.3, -0.25) is 4.79 Å². The van der Waals surface area contributed by atoms with Crippen LogP contribution in [-0.2, 0) is 6.54 Å². The number of aromatic nitrogens is 2. The second-order valence-corrected chi connectivity index (χ2v) is 4.35. The Morgan fingerprint density at radius 3 is 2.90 bits per heavy atom. The summed E-state index contributed by atoms with van der Waals surface area (Å²) in [6.07, 6.45) is 1.61. The molecule has 0 saturated heterocycles. The third-order valence-corrected chi connectivity index (χ3v) is 2.69. The van der Waals surface area contributed by atoms with Gasteiger partial charge in [-0.2, -0.15) is 5.10 Å². The smallest absolute Gasteiger partial charge is 0.267 e. The largest absolute Gasteiger partial charge is 0.320 e. The Morgan fingerprint density at radius 2 is 2.20 bits per heavy atom. The van der Waals surface area contributed by atoms with Crippen LogP contribution in [0.15, 0.2) is 35.3 Å². The minimum Gasteiger partial charge on any atom is -0.320 e. The summed E-state index contributed by atoms with van der Waals surface area (Å²) in [7, 11) is 0. The van der Waals surface area contributed by atoms with E-state index in [1.165, 1.54) is 16.8 Å². The van der Waals surface area contributed by atoms with Crippen LogP contribution in [0.4, 0.5) is 4.39 Å². The van der Waals surface area contributed by atoms with Gasteiger partial charge in [0.2, 0.25) is 0 Å². The van der Waals surface area contributed by atoms with E-state index in [0.717, 1.165) is 11.1 Å². The molecule has 0 aliphatic rings. The number of hydrogen-bond acceptors (Lipinski definition) is 3. The molecule has 102 valence electrons. The van der Waals surface area contributed by atoms with E-state index in [1.54, 1.807) is 25.3 Å². The first-order valence-electron chi connectivity index (χ1n) is 6.11. The maximum atomic E-state index is 13.5. The van der Waals surface area contributed by atoms with Crippen molar-refractivity contribution in [3.8, 4) is 11.8 Å². The van der Waals surface area contributed by atoms with Gasteiger partial charge < -0.3 is 5.73 Å². The summed E-state index contributed by atoms with van der Waals surface area (Å²) in [4.78, 5) is 11.8. The van der Waals surface area contributed by atoms with Crippen LogP contribution in [0.5, 0.6) is 0 Å². The van der Waals surface area contributed by atoms with E-state index in [0.29, 0.717) is 0 Å². The molecule has 0 unspecified atom stereocenters. The summed E-state index contributed by atoms with van der Waals surface area (Å²) in [6.45, 7) is 2.25. The molecule has 0 spiro atoms. The van der Waals surface area contributed by atoms with Crippen LogP contribution >= 0.6 is 0 Å². The van der Waals surface area contributed by atoms with Gasteiger partial charge in [-0.15, -0.1) is 0 Å². The molecule has 0 bridgehead atoms. The third-order valence-electron chi connectivity index (χ3n) is 2.69. The minimum atomic E-state index is -0.404. The lowest BCUT2D eigenvalue weighted by atomic mass is 10.1. The first-order chi connectivity index (χ1) is 9.60. The molecule has 1 aromatic carbocycles. The van der Waals surface area contributed by atoms with Crippen molar-refractivity contribution in [2.24, 2.45) is 5.73 Å². The van der Waals surface area contributed by atoms with Crippen molar-refractivity contribution >= 4 is 0 Å². The number of benzene rings is 1. The Hall–Kier alpha value is -2.45. The highest BCUT2D eigenvalue weighted by molar-refractivity contribution is 5.38. The van der Waals surface area contributed by atoms with Crippen molar-refractivity contribution in [1.29, 1.82) is 0 Å². The Morgan fingerprint density at radius 1 is 1.40 bits per heavy atom. The fourth-order valence-corrected chi connectivity index (χ4v) is 1.73. The number of nitrogens with two attached hydrogens (primary N) is 1. The van der Waals surface area contributed by atoms with Gasteiger partial charge >= 0.3 is 0 Å². The van der Waals surface area contributed by atoms with E-state index >= 15 is 0 Å². The Labute approximate surface area is 116 Å². The highest BCUT2D eigenvalue weighted by Crippen LogP contribution is 2.10. The normalized spacial score (nSPS) is 9.95. The van der Waals surface area contributed by atoms with Crippen LogP contribution in [0.1, 0.15) is 16.7 Å². The molecule has 1 aromatic heterocycles. The SMILES string of the molecule is Cc1cnn(Cc2ccc(F)c(C#CCN)c2)c(=O)c1. The molecule has 0 aliphatic carbocycles. The predicted octanol–water partition coefficient (Wildman–Crippen LogP) is 1.05. The Balaban J connectivity index is 2.32. The number of hydrogen-bond donors (Lipinski definition) is 1. The quantitative estimate of drug-likeness (QED) is 0.830. The van der Waals surface area contributed by atoms with Crippen molar-refractivity contribution in [1.82, 2.24) is 9.78 Å². The molecule has 4 nitrogen and oxygen atoms in total. The van der Waals surface area contributed by atoms with Gasteiger partial charge in [0.25, 0.3) is 5.56 Å². The van der Waals surface area contributed by atoms with Gasteiger partial charge in [-0.1, -0.05) is 17.9 Å². The predicted molar refractivity (Wildman–Crippen MR) is 74.7 cm³/mol. The van der Waals surface area contributed by atoms with Crippen LogP contribution in [0.25, 0.3) is 0 Å². The topological polar surface area (TPSA) is 60.9 Å². The van der Waals surface area contributed by atoms with Crippen LogP contribution in [0, 0.1) is 24.6 Å². The van der Waals surface area contributed by atoms with E-state index in [1.807, 2.05) is 0 Å². The molecule has 5 heteroatoms. The molecule has 2 N–H and O–H groups in total. The average Bonchev–Trinajstić information content (AvgIpc) is 2.42. The zero-order chi connectivity index (χ0) is 14.5. The summed E-state index contributed by atoms with van der Waals surface area (Å²) < 4.78 is 14.9. The van der Waals surface area contributed by atoms with Crippen LogP contribution in [0.2, 0.25) is 0 Å². The van der Waals surface area contributed by atoms with E-state index in [9.17, 15) is 9.18 Å². The van der Waals surface area contributed by atoms with Crippen molar-refractivity contribution in [2.45, 2.75) is 13.5 Å². The lowest BCUT2D eigenvalue weighted by Gasteiger charge is -2.05. The first-order valence-corrected chi connectivity index (χ1v) is 6.11. The number of nitrogens with zero attached hydrogens (tertiary/aromatic N) is 2. The summed E-state index contributed by atoms with van der Waals surface area (Å²) in [5, 5.41) is 4.04. The summed E-state index contributed by atoms with van der Waals surface area (Å²) in [5.41, 5.74) is 6.91. The highest BCUT2D eigenvalue weighted by atomic mass is 19.1. The van der Waals surface area contributed by atoms with Gasteiger partial charge in [-0.05, 0) is 30.2 Å². The van der Waals surface area contributed by atoms with E-state index < -0.39 is 5.82 Å². The first kappa shape index (κ1) is 14.0. The van der Waals surface area contributed by atoms with E-state index in [-0.39, 0.29) is 24.2 Å². The average molecular weight is 271 g/mol. The third kappa shape index (κ3) is 3.31. The molecular formula is C15H14FN3O. The lowest BCUT2D eigenvalue weighted by molar-refractivity contribution is 0.615. The number of rotatable bonds is 2. The van der Waals surface area contributed by atoms with Gasteiger partial charge in [0.15, 0.2) is 0 Å². The van der Waals surface area contributed by atoms with Crippen molar-refractivity contribution in [2.75, 3.05) is 6.54 Å². The fourth-order valence-electron chi connectivity index (χ4n) is 1.73. The molecule has 1 heterocycles. The summed E-state index contributed by atoms with van der Waals surface area (Å²) >= 11 is 0. The zero-order valence-electron chi connectivity index (χ0n) is 11.1. The maximum Gasteiger partial charge on any atom is 0.267 e. The standard InChI is InChI=1S/C15H14FN3O/c1-11-7-15(20)19(18-9-11)10-12-4-5-14(16)13(8-12)3-2-6-17/h4-5,7-9H,6,10,17H2,1H3. The molecule has 20 heavy (non-hydrogen) atoms. The molecule has 0 fully saturated rings. The van der Waals surface area contributed by atoms with Crippen LogP contribution in [-0.4, -0.2) is 16.3 Å². The number of aryl methyl sites for hydroxylation is 1. The molecule has 2 rings (SSSR count). The Bertz CT molecular complexity index is 741. The second-order valence-electron chi connectivity index (χ2n) is 4.35. The number of halogens is 1. The van der Waals surface area contributed by atoms with Gasteiger partial charge in [0.05, 0.1) is 24.8 Å². The molecule has 0 atom stereocenters. The summed E-state index contributed by atoms with van der Waals surface area (Å²) in [6, 6.07) is 6.05. The van der Waals surface area contributed by atoms with Crippen LogP contribution < -0.4 is 11.3 Å². The van der Waals surface area contributed by atoms with E-state index in [4.69, 9.17) is 5.73 Å².